The lowest BCUT2D eigenvalue weighted by Crippen LogP contribution is -2.52. The van der Waals surface area contributed by atoms with Gasteiger partial charge in [0.2, 0.25) is 0 Å². The van der Waals surface area contributed by atoms with Crippen molar-refractivity contribution in [1.29, 1.82) is 0 Å². The Morgan fingerprint density at radius 3 is 2.26 bits per heavy atom. The number of Topliss-reactive ketones (excluding diaryl/α,β-unsaturated/α-hetero) is 1. The highest BCUT2D eigenvalue weighted by Crippen LogP contribution is 2.51. The van der Waals surface area contributed by atoms with Crippen LogP contribution in [0, 0.1) is 12.3 Å². The molecule has 3 aromatic carbocycles. The maximum absolute atomic E-state index is 14.0. The van der Waals surface area contributed by atoms with Crippen molar-refractivity contribution in [2.24, 2.45) is 5.41 Å². The molecule has 172 valence electrons. The summed E-state index contributed by atoms with van der Waals surface area (Å²) in [6.07, 6.45) is 2.24. The van der Waals surface area contributed by atoms with Gasteiger partial charge < -0.3 is 10.1 Å². The lowest BCUT2D eigenvalue weighted by Gasteiger charge is -2.39. The van der Waals surface area contributed by atoms with Gasteiger partial charge in [-0.3, -0.25) is 4.79 Å². The molecule has 0 aliphatic carbocycles. The summed E-state index contributed by atoms with van der Waals surface area (Å²) < 4.78 is 28.6. The van der Waals surface area contributed by atoms with Crippen molar-refractivity contribution in [3.63, 3.8) is 0 Å². The third-order valence-corrected chi connectivity index (χ3v) is 8.44. The molecule has 0 saturated heterocycles. The molecule has 2 heterocycles. The number of hydrogen-bond acceptors (Lipinski definition) is 5. The average molecular weight is 473 g/mol. The molecule has 0 radical (unpaired) electrons. The van der Waals surface area contributed by atoms with Crippen LogP contribution in [-0.2, 0) is 20.4 Å². The second-order valence-corrected chi connectivity index (χ2v) is 11.1. The molecular weight excluding hydrogens is 448 g/mol. The highest BCUT2D eigenvalue weighted by atomic mass is 32.2. The molecule has 4 aromatic rings. The molecule has 0 unspecified atom stereocenters. The molecule has 5 rings (SSSR count). The Morgan fingerprint density at radius 1 is 0.941 bits per heavy atom. The first-order chi connectivity index (χ1) is 16.1. The summed E-state index contributed by atoms with van der Waals surface area (Å²) in [5.41, 5.74) is 0.234. The molecule has 1 aliphatic heterocycles. The van der Waals surface area contributed by atoms with Crippen molar-refractivity contribution < 1.29 is 18.0 Å². The van der Waals surface area contributed by atoms with Crippen LogP contribution in [0.5, 0.6) is 0 Å². The predicted molar refractivity (Wildman–Crippen MR) is 132 cm³/mol. The van der Waals surface area contributed by atoms with Crippen LogP contribution in [0.1, 0.15) is 35.3 Å². The minimum absolute atomic E-state index is 0.142. The first kappa shape index (κ1) is 22.1. The van der Waals surface area contributed by atoms with Gasteiger partial charge in [0.05, 0.1) is 15.8 Å². The fourth-order valence-electron chi connectivity index (χ4n) is 4.80. The lowest BCUT2D eigenvalue weighted by molar-refractivity contribution is -0.116. The number of aryl methyl sites for hydroxylation is 1. The van der Waals surface area contributed by atoms with E-state index in [1.165, 1.54) is 10.2 Å². The van der Waals surface area contributed by atoms with Gasteiger partial charge in [0.25, 0.3) is 10.0 Å². The predicted octanol–water partition coefficient (Wildman–Crippen LogP) is 4.92. The van der Waals surface area contributed by atoms with E-state index in [0.717, 1.165) is 11.8 Å². The zero-order valence-electron chi connectivity index (χ0n) is 19.1. The van der Waals surface area contributed by atoms with Crippen molar-refractivity contribution in [3.8, 4) is 0 Å². The Kier molecular flexibility index (Phi) is 4.81. The number of para-hydroxylation sites is 2. The van der Waals surface area contributed by atoms with Gasteiger partial charge in [-0.2, -0.15) is 0 Å². The quantitative estimate of drug-likeness (QED) is 0.417. The molecule has 0 bridgehead atoms. The molecule has 1 N–H and O–H groups in total. The van der Waals surface area contributed by atoms with Crippen LogP contribution in [0.25, 0.3) is 10.9 Å². The molecule has 34 heavy (non-hydrogen) atoms. The fourth-order valence-corrected chi connectivity index (χ4v) is 6.17. The summed E-state index contributed by atoms with van der Waals surface area (Å²) >= 11 is 0. The zero-order chi connectivity index (χ0) is 24.3. The number of nitrogens with zero attached hydrogens (tertiary/aromatic N) is 1. The van der Waals surface area contributed by atoms with E-state index < -0.39 is 21.0 Å². The fraction of sp³-hybridized carbons (Fsp3) is 0.185. The van der Waals surface area contributed by atoms with Crippen LogP contribution in [0.15, 0.2) is 83.9 Å². The SMILES string of the molecule is Cc1ccc(S(=O)(=O)n2cc([C@]3(C(C)(C)C=O)Nc4ccccc4C3=O)c3ccccc32)cc1. The van der Waals surface area contributed by atoms with Gasteiger partial charge in [0.1, 0.15) is 11.8 Å². The normalized spacial score (nSPS) is 18.0. The molecule has 1 aliphatic rings. The summed E-state index contributed by atoms with van der Waals surface area (Å²) in [6.45, 7) is 5.27. The number of nitrogens with one attached hydrogen (secondary N) is 1. The Bertz CT molecular complexity index is 1570. The molecule has 0 saturated carbocycles. The highest BCUT2D eigenvalue weighted by molar-refractivity contribution is 7.90. The van der Waals surface area contributed by atoms with Crippen LogP contribution < -0.4 is 5.32 Å². The van der Waals surface area contributed by atoms with Crippen molar-refractivity contribution >= 4 is 38.7 Å². The van der Waals surface area contributed by atoms with Gasteiger partial charge in [0, 0.05) is 28.4 Å². The number of anilines is 1. The van der Waals surface area contributed by atoms with Gasteiger partial charge >= 0.3 is 0 Å². The minimum Gasteiger partial charge on any atom is -0.367 e. The lowest BCUT2D eigenvalue weighted by atomic mass is 9.67. The molecule has 0 fully saturated rings. The van der Waals surface area contributed by atoms with Crippen molar-refractivity contribution in [1.82, 2.24) is 3.97 Å². The van der Waals surface area contributed by atoms with Crippen molar-refractivity contribution in [2.45, 2.75) is 31.2 Å². The van der Waals surface area contributed by atoms with Crippen LogP contribution in [0.4, 0.5) is 5.69 Å². The number of aromatic nitrogens is 1. The van der Waals surface area contributed by atoms with Gasteiger partial charge in [0.15, 0.2) is 5.78 Å². The first-order valence-electron chi connectivity index (χ1n) is 10.9. The number of rotatable bonds is 5. The summed E-state index contributed by atoms with van der Waals surface area (Å²) in [7, 11) is -3.97. The summed E-state index contributed by atoms with van der Waals surface area (Å²) in [5, 5.41) is 3.91. The number of benzene rings is 3. The first-order valence-corrected chi connectivity index (χ1v) is 12.4. The Morgan fingerprint density at radius 2 is 1.59 bits per heavy atom. The van der Waals surface area contributed by atoms with Crippen molar-refractivity contribution in [2.75, 3.05) is 5.32 Å². The smallest absolute Gasteiger partial charge is 0.268 e. The van der Waals surface area contributed by atoms with Gasteiger partial charge in [-0.1, -0.05) is 61.9 Å². The van der Waals surface area contributed by atoms with E-state index in [1.807, 2.05) is 13.0 Å². The Balaban J connectivity index is 1.83. The second-order valence-electron chi connectivity index (χ2n) is 9.26. The topological polar surface area (TPSA) is 85.2 Å². The number of ketones is 1. The van der Waals surface area contributed by atoms with Gasteiger partial charge in [-0.25, -0.2) is 12.4 Å². The second kappa shape index (κ2) is 7.40. The molecule has 6 nitrogen and oxygen atoms in total. The van der Waals surface area contributed by atoms with E-state index in [4.69, 9.17) is 0 Å². The maximum Gasteiger partial charge on any atom is 0.268 e. The monoisotopic (exact) mass is 472 g/mol. The highest BCUT2D eigenvalue weighted by Gasteiger charge is 2.58. The number of fused-ring (bicyclic) bond motifs is 2. The Labute approximate surface area is 198 Å². The van der Waals surface area contributed by atoms with E-state index >= 15 is 0 Å². The standard InChI is InChI=1S/C27H24N2O4S/c1-18-12-14-19(15-13-18)34(32,33)29-16-22(20-8-5-7-11-24(20)29)27(26(2,3)17-30)25(31)21-9-4-6-10-23(21)28-27/h4-17,28H,1-3H3/t27-/m0/s1. The zero-order valence-corrected chi connectivity index (χ0v) is 19.9. The van der Waals surface area contributed by atoms with E-state index in [2.05, 4.69) is 5.32 Å². The number of carbonyl (C=O) groups is 2. The third kappa shape index (κ3) is 2.90. The van der Waals surface area contributed by atoms with Crippen LogP contribution in [0.3, 0.4) is 0 Å². The summed E-state index contributed by atoms with van der Waals surface area (Å²) in [5.74, 6) is -0.268. The van der Waals surface area contributed by atoms with E-state index in [-0.39, 0.29) is 10.7 Å². The molecule has 1 atom stereocenters. The van der Waals surface area contributed by atoms with E-state index in [9.17, 15) is 18.0 Å². The average Bonchev–Trinajstić information content (AvgIpc) is 3.37. The minimum atomic E-state index is -3.97. The Hall–Kier alpha value is -3.71. The molecule has 0 spiro atoms. The third-order valence-electron chi connectivity index (χ3n) is 6.76. The van der Waals surface area contributed by atoms with Crippen LogP contribution in [0.2, 0.25) is 0 Å². The van der Waals surface area contributed by atoms with E-state index in [0.29, 0.717) is 27.7 Å². The van der Waals surface area contributed by atoms with Crippen molar-refractivity contribution in [3.05, 3.63) is 95.7 Å². The van der Waals surface area contributed by atoms with Crippen LogP contribution in [-0.4, -0.2) is 24.5 Å². The molecule has 1 aromatic heterocycles. The van der Waals surface area contributed by atoms with Gasteiger partial charge in [-0.05, 0) is 37.3 Å². The summed E-state index contributed by atoms with van der Waals surface area (Å²) in [6, 6.07) is 20.8. The molecular formula is C27H24N2O4S. The van der Waals surface area contributed by atoms with E-state index in [1.54, 1.807) is 80.6 Å². The number of hydrogen-bond donors (Lipinski definition) is 1. The number of carbonyl (C=O) groups excluding carboxylic acids is 2. The van der Waals surface area contributed by atoms with Gasteiger partial charge in [-0.15, -0.1) is 0 Å². The maximum atomic E-state index is 14.0. The largest absolute Gasteiger partial charge is 0.367 e. The molecule has 7 heteroatoms. The summed E-state index contributed by atoms with van der Waals surface area (Å²) in [4.78, 5) is 26.5. The number of aldehydes is 1. The van der Waals surface area contributed by atoms with Crippen LogP contribution >= 0.6 is 0 Å². The molecule has 0 amide bonds.